The van der Waals surface area contributed by atoms with Crippen LogP contribution in [0.1, 0.15) is 42.4 Å². The third kappa shape index (κ3) is 4.43. The van der Waals surface area contributed by atoms with E-state index in [4.69, 9.17) is 10.7 Å². The Bertz CT molecular complexity index is 1510. The van der Waals surface area contributed by atoms with E-state index in [1.807, 2.05) is 53.1 Å². The highest BCUT2D eigenvalue weighted by Gasteiger charge is 2.25. The summed E-state index contributed by atoms with van der Waals surface area (Å²) in [5.41, 5.74) is 7.85. The molecule has 1 heterocycles. The highest BCUT2D eigenvalue weighted by molar-refractivity contribution is 6.09. The summed E-state index contributed by atoms with van der Waals surface area (Å²) in [5.74, 6) is 4.88. The Hall–Kier alpha value is -4.15. The molecule has 0 aliphatic heterocycles. The van der Waals surface area contributed by atoms with Crippen molar-refractivity contribution in [2.75, 3.05) is 0 Å². The van der Waals surface area contributed by atoms with Gasteiger partial charge in [-0.3, -0.25) is 0 Å². The summed E-state index contributed by atoms with van der Waals surface area (Å²) in [7, 11) is 0. The van der Waals surface area contributed by atoms with E-state index in [-0.39, 0.29) is 5.41 Å². The Balaban J connectivity index is 1.75. The molecule has 180 valence electrons. The van der Waals surface area contributed by atoms with Gasteiger partial charge in [0.05, 0.1) is 0 Å². The van der Waals surface area contributed by atoms with Crippen LogP contribution in [0.5, 0.6) is 0 Å². The molecule has 1 aromatic heterocycles. The molecule has 0 radical (unpaired) electrons. The number of nitrogens with zero attached hydrogens (tertiary/aromatic N) is 1. The smallest absolute Gasteiger partial charge is 0.369 e. The molecule has 2 N–H and O–H groups in total. The topological polar surface area (TPSA) is 57.2 Å². The Labute approximate surface area is 211 Å². The quantitative estimate of drug-likeness (QED) is 0.271. The van der Waals surface area contributed by atoms with Crippen LogP contribution in [-0.4, -0.2) is 10.5 Å². The number of carbonyl (C=O) groups is 1. The van der Waals surface area contributed by atoms with Gasteiger partial charge in [-0.15, -0.1) is 0 Å². The lowest BCUT2D eigenvalue weighted by atomic mass is 9.86. The van der Waals surface area contributed by atoms with Crippen molar-refractivity contribution < 1.29 is 9.63 Å². The van der Waals surface area contributed by atoms with Gasteiger partial charge in [-0.05, 0) is 45.4 Å². The first-order valence-electron chi connectivity index (χ1n) is 12.1. The van der Waals surface area contributed by atoms with Gasteiger partial charge in [0.25, 0.3) is 0 Å². The molecule has 0 bridgehead atoms. The summed E-state index contributed by atoms with van der Waals surface area (Å²) in [6.45, 7) is 7.17. The predicted molar refractivity (Wildman–Crippen MR) is 147 cm³/mol. The maximum Gasteiger partial charge on any atom is 0.374 e. The Morgan fingerprint density at radius 1 is 0.778 bits per heavy atom. The van der Waals surface area contributed by atoms with E-state index in [0.29, 0.717) is 12.2 Å². The average molecular weight is 475 g/mol. The minimum atomic E-state index is -0.558. The fourth-order valence-corrected chi connectivity index (χ4v) is 4.79. The van der Waals surface area contributed by atoms with Crippen molar-refractivity contribution in [1.29, 1.82) is 0 Å². The van der Waals surface area contributed by atoms with Crippen LogP contribution in [0.4, 0.5) is 0 Å². The molecule has 4 nitrogen and oxygen atoms in total. The first-order chi connectivity index (χ1) is 17.4. The SMILES string of the molecule is CC(C)(C)c1ccc(-c2ccc3c(c2)c(-c2ccccc2)c(C(=O)ON)n3Cc2ccccc2)cc1. The number of rotatable bonds is 5. The van der Waals surface area contributed by atoms with Crippen LogP contribution in [0.2, 0.25) is 0 Å². The number of aromatic nitrogens is 1. The minimum Gasteiger partial charge on any atom is -0.369 e. The molecule has 36 heavy (non-hydrogen) atoms. The van der Waals surface area contributed by atoms with Crippen molar-refractivity contribution >= 4 is 16.9 Å². The fraction of sp³-hybridized carbons (Fsp3) is 0.156. The van der Waals surface area contributed by atoms with Crippen LogP contribution in [0.15, 0.2) is 103 Å². The average Bonchev–Trinajstić information content (AvgIpc) is 3.22. The van der Waals surface area contributed by atoms with E-state index in [0.717, 1.165) is 38.7 Å². The van der Waals surface area contributed by atoms with Crippen LogP contribution in [0.25, 0.3) is 33.2 Å². The first kappa shape index (κ1) is 23.6. The number of hydrogen-bond acceptors (Lipinski definition) is 3. The second-order valence-electron chi connectivity index (χ2n) is 10.1. The Morgan fingerprint density at radius 3 is 2.00 bits per heavy atom. The predicted octanol–water partition coefficient (Wildman–Crippen LogP) is 7.35. The van der Waals surface area contributed by atoms with Gasteiger partial charge in [0.15, 0.2) is 0 Å². The molecule has 0 aliphatic carbocycles. The van der Waals surface area contributed by atoms with Crippen LogP contribution in [-0.2, 0) is 16.8 Å². The third-order valence-corrected chi connectivity index (χ3v) is 6.69. The molecule has 0 saturated heterocycles. The van der Waals surface area contributed by atoms with Crippen LogP contribution >= 0.6 is 0 Å². The molecule has 0 unspecified atom stereocenters. The summed E-state index contributed by atoms with van der Waals surface area (Å²) in [5, 5.41) is 0.981. The number of carbonyl (C=O) groups excluding carboxylic acids is 1. The molecule has 0 fully saturated rings. The highest BCUT2D eigenvalue weighted by Crippen LogP contribution is 2.38. The van der Waals surface area contributed by atoms with Gasteiger partial charge in [0.2, 0.25) is 0 Å². The summed E-state index contributed by atoms with van der Waals surface area (Å²) in [6, 6.07) is 35.1. The van der Waals surface area contributed by atoms with Crippen molar-refractivity contribution in [3.05, 3.63) is 120 Å². The van der Waals surface area contributed by atoms with Gasteiger partial charge in [-0.25, -0.2) is 4.79 Å². The molecule has 0 aliphatic rings. The van der Waals surface area contributed by atoms with Crippen LogP contribution in [0, 0.1) is 0 Å². The van der Waals surface area contributed by atoms with Gasteiger partial charge in [-0.2, -0.15) is 5.90 Å². The molecular weight excluding hydrogens is 444 g/mol. The van der Waals surface area contributed by atoms with E-state index in [9.17, 15) is 4.79 Å². The van der Waals surface area contributed by atoms with E-state index >= 15 is 0 Å². The molecule has 0 atom stereocenters. The third-order valence-electron chi connectivity index (χ3n) is 6.69. The lowest BCUT2D eigenvalue weighted by molar-refractivity contribution is 0.0493. The second kappa shape index (κ2) is 9.48. The molecule has 0 saturated carbocycles. The largest absolute Gasteiger partial charge is 0.374 e. The van der Waals surface area contributed by atoms with E-state index < -0.39 is 5.97 Å². The number of fused-ring (bicyclic) bond motifs is 1. The van der Waals surface area contributed by atoms with Crippen LogP contribution in [0.3, 0.4) is 0 Å². The zero-order valence-corrected chi connectivity index (χ0v) is 20.9. The zero-order chi connectivity index (χ0) is 25.3. The first-order valence-corrected chi connectivity index (χ1v) is 12.1. The lowest BCUT2D eigenvalue weighted by Gasteiger charge is -2.19. The molecule has 0 spiro atoms. The van der Waals surface area contributed by atoms with Gasteiger partial charge < -0.3 is 9.40 Å². The molecule has 5 rings (SSSR count). The number of nitrogens with two attached hydrogens (primary N) is 1. The number of benzene rings is 4. The van der Waals surface area contributed by atoms with Crippen molar-refractivity contribution in [3.8, 4) is 22.3 Å². The maximum absolute atomic E-state index is 13.1. The van der Waals surface area contributed by atoms with Gasteiger partial charge in [0.1, 0.15) is 5.69 Å². The fourth-order valence-electron chi connectivity index (χ4n) is 4.79. The summed E-state index contributed by atoms with van der Waals surface area (Å²) >= 11 is 0. The van der Waals surface area contributed by atoms with Gasteiger partial charge in [-0.1, -0.05) is 112 Å². The van der Waals surface area contributed by atoms with Crippen molar-refractivity contribution in [1.82, 2.24) is 4.57 Å². The van der Waals surface area contributed by atoms with Crippen molar-refractivity contribution in [3.63, 3.8) is 0 Å². The second-order valence-corrected chi connectivity index (χ2v) is 10.1. The maximum atomic E-state index is 13.1. The lowest BCUT2D eigenvalue weighted by Crippen LogP contribution is -2.17. The van der Waals surface area contributed by atoms with Crippen molar-refractivity contribution in [2.45, 2.75) is 32.7 Å². The Kier molecular flexibility index (Phi) is 6.21. The molecular formula is C32H30N2O2. The van der Waals surface area contributed by atoms with E-state index in [1.54, 1.807) is 0 Å². The zero-order valence-electron chi connectivity index (χ0n) is 20.9. The molecule has 4 heteroatoms. The number of hydrogen-bond donors (Lipinski definition) is 1. The van der Waals surface area contributed by atoms with Gasteiger partial charge in [0, 0.05) is 23.0 Å². The minimum absolute atomic E-state index is 0.0924. The standard InChI is InChI=1S/C32H30N2O2/c1-32(2,3)26-17-14-23(15-18-26)25-16-19-28-27(20-25)29(24-12-8-5-9-13-24)30(31(35)36-33)34(28)21-22-10-6-4-7-11-22/h4-20H,21,33H2,1-3H3. The highest BCUT2D eigenvalue weighted by atomic mass is 16.7. The summed E-state index contributed by atoms with van der Waals surface area (Å²) < 4.78 is 2.01. The summed E-state index contributed by atoms with van der Waals surface area (Å²) in [4.78, 5) is 17.9. The summed E-state index contributed by atoms with van der Waals surface area (Å²) in [6.07, 6.45) is 0. The van der Waals surface area contributed by atoms with Crippen molar-refractivity contribution in [2.24, 2.45) is 5.90 Å². The Morgan fingerprint density at radius 2 is 1.39 bits per heavy atom. The van der Waals surface area contributed by atoms with Gasteiger partial charge >= 0.3 is 5.97 Å². The van der Waals surface area contributed by atoms with Crippen LogP contribution < -0.4 is 5.90 Å². The molecule has 4 aromatic carbocycles. The molecule has 0 amide bonds. The monoisotopic (exact) mass is 474 g/mol. The molecule has 5 aromatic rings. The van der Waals surface area contributed by atoms with E-state index in [1.165, 1.54) is 5.56 Å². The normalized spacial score (nSPS) is 11.6. The van der Waals surface area contributed by atoms with E-state index in [2.05, 4.69) is 75.4 Å².